The molecule has 1 saturated heterocycles. The zero-order valence-electron chi connectivity index (χ0n) is 18.5. The van der Waals surface area contributed by atoms with Crippen molar-refractivity contribution < 1.29 is 5.11 Å². The average molecular weight is 439 g/mol. The number of nitrogens with one attached hydrogen (secondary N) is 2. The molecule has 0 saturated carbocycles. The number of hydrogen-bond acceptors (Lipinski definition) is 5. The van der Waals surface area contributed by atoms with E-state index >= 15 is 0 Å². The predicted octanol–water partition coefficient (Wildman–Crippen LogP) is 5.56. The second-order valence-corrected chi connectivity index (χ2v) is 9.80. The lowest BCUT2D eigenvalue weighted by Crippen LogP contribution is -2.49. The molecule has 1 aliphatic rings. The van der Waals surface area contributed by atoms with Crippen molar-refractivity contribution in [3.63, 3.8) is 0 Å². The number of hydrogen-bond donors (Lipinski definition) is 3. The van der Waals surface area contributed by atoms with E-state index in [2.05, 4.69) is 42.4 Å². The highest BCUT2D eigenvalue weighted by Crippen LogP contribution is 2.33. The van der Waals surface area contributed by atoms with Crippen molar-refractivity contribution in [2.45, 2.75) is 51.7 Å². The molecular formula is C25H31ClN4O. The molecule has 0 amide bonds. The maximum Gasteiger partial charge on any atom is 0.129 e. The van der Waals surface area contributed by atoms with Gasteiger partial charge in [-0.15, -0.1) is 0 Å². The van der Waals surface area contributed by atoms with Gasteiger partial charge in [0.15, 0.2) is 0 Å². The van der Waals surface area contributed by atoms with Crippen LogP contribution in [0.4, 0.5) is 11.5 Å². The van der Waals surface area contributed by atoms with Crippen LogP contribution in [-0.2, 0) is 6.54 Å². The Labute approximate surface area is 189 Å². The quantitative estimate of drug-likeness (QED) is 0.486. The van der Waals surface area contributed by atoms with Crippen LogP contribution < -0.4 is 15.5 Å². The molecule has 31 heavy (non-hydrogen) atoms. The van der Waals surface area contributed by atoms with Crippen molar-refractivity contribution in [2.24, 2.45) is 0 Å². The van der Waals surface area contributed by atoms with Gasteiger partial charge in [0, 0.05) is 59.4 Å². The summed E-state index contributed by atoms with van der Waals surface area (Å²) < 4.78 is 0. The van der Waals surface area contributed by atoms with Gasteiger partial charge in [0.1, 0.15) is 11.6 Å². The average Bonchev–Trinajstić information content (AvgIpc) is 2.72. The number of anilines is 2. The number of phenols is 1. The number of aromatic nitrogens is 1. The highest BCUT2D eigenvalue weighted by Gasteiger charge is 2.24. The van der Waals surface area contributed by atoms with Crippen LogP contribution in [0.1, 0.15) is 39.2 Å². The van der Waals surface area contributed by atoms with Crippen molar-refractivity contribution in [2.75, 3.05) is 23.3 Å². The van der Waals surface area contributed by atoms with E-state index in [1.165, 1.54) is 0 Å². The van der Waals surface area contributed by atoms with Crippen molar-refractivity contribution >= 4 is 34.0 Å². The number of fused-ring (bicyclic) bond motifs is 1. The van der Waals surface area contributed by atoms with Gasteiger partial charge in [0.05, 0.1) is 5.52 Å². The Morgan fingerprint density at radius 2 is 1.77 bits per heavy atom. The molecule has 3 N–H and O–H groups in total. The minimum absolute atomic E-state index is 0.131. The maximum absolute atomic E-state index is 10.0. The molecule has 1 fully saturated rings. The number of halogens is 1. The lowest BCUT2D eigenvalue weighted by molar-refractivity contribution is 0.317. The standard InChI is InChI=1S/C25H31ClN4O/c1-25(2,3)29-19-10-12-30(13-11-19)23-15-24(27-16-17-4-6-18(26)7-5-17)28-22-14-20(31)8-9-21(22)23/h4-9,14-15,19,29,31H,10-13,16H2,1-3H3,(H,27,28). The highest BCUT2D eigenvalue weighted by atomic mass is 35.5. The zero-order chi connectivity index (χ0) is 22.0. The first-order valence-electron chi connectivity index (χ1n) is 10.9. The monoisotopic (exact) mass is 438 g/mol. The minimum atomic E-state index is 0.131. The van der Waals surface area contributed by atoms with Crippen LogP contribution in [0.3, 0.4) is 0 Å². The van der Waals surface area contributed by atoms with Gasteiger partial charge in [0.2, 0.25) is 0 Å². The van der Waals surface area contributed by atoms with Crippen molar-refractivity contribution in [3.05, 3.63) is 59.1 Å². The molecule has 2 heterocycles. The topological polar surface area (TPSA) is 60.4 Å². The molecule has 3 aromatic rings. The van der Waals surface area contributed by atoms with Gasteiger partial charge in [-0.05, 0) is 63.4 Å². The number of aromatic hydroxyl groups is 1. The van der Waals surface area contributed by atoms with Crippen LogP contribution in [0, 0.1) is 0 Å². The summed E-state index contributed by atoms with van der Waals surface area (Å²) >= 11 is 5.99. The molecular weight excluding hydrogens is 408 g/mol. The fourth-order valence-electron chi connectivity index (χ4n) is 4.22. The largest absolute Gasteiger partial charge is 0.508 e. The highest BCUT2D eigenvalue weighted by molar-refractivity contribution is 6.30. The molecule has 0 unspecified atom stereocenters. The third-order valence-electron chi connectivity index (χ3n) is 5.63. The smallest absolute Gasteiger partial charge is 0.129 e. The number of nitrogens with zero attached hydrogens (tertiary/aromatic N) is 2. The summed E-state index contributed by atoms with van der Waals surface area (Å²) in [4.78, 5) is 7.19. The number of pyridine rings is 1. The summed E-state index contributed by atoms with van der Waals surface area (Å²) in [5.41, 5.74) is 3.23. The van der Waals surface area contributed by atoms with E-state index in [4.69, 9.17) is 16.6 Å². The van der Waals surface area contributed by atoms with Crippen LogP contribution in [0.25, 0.3) is 10.9 Å². The second-order valence-electron chi connectivity index (χ2n) is 9.36. The fourth-order valence-corrected chi connectivity index (χ4v) is 4.35. The van der Waals surface area contributed by atoms with E-state index in [0.29, 0.717) is 12.6 Å². The number of rotatable bonds is 5. The van der Waals surface area contributed by atoms with E-state index in [1.54, 1.807) is 12.1 Å². The van der Waals surface area contributed by atoms with Gasteiger partial charge in [-0.3, -0.25) is 0 Å². The van der Waals surface area contributed by atoms with E-state index < -0.39 is 0 Å². The molecule has 164 valence electrons. The Bertz CT molecular complexity index is 1040. The molecule has 0 aliphatic carbocycles. The molecule has 6 heteroatoms. The fraction of sp³-hybridized carbons (Fsp3) is 0.400. The predicted molar refractivity (Wildman–Crippen MR) is 130 cm³/mol. The van der Waals surface area contributed by atoms with E-state index in [1.807, 2.05) is 30.3 Å². The lowest BCUT2D eigenvalue weighted by atomic mass is 9.99. The molecule has 1 aliphatic heterocycles. The molecule has 0 radical (unpaired) electrons. The molecule has 4 rings (SSSR count). The van der Waals surface area contributed by atoms with Crippen LogP contribution >= 0.6 is 11.6 Å². The molecule has 5 nitrogen and oxygen atoms in total. The van der Waals surface area contributed by atoms with E-state index in [-0.39, 0.29) is 11.3 Å². The second kappa shape index (κ2) is 8.93. The van der Waals surface area contributed by atoms with Crippen LogP contribution in [0.5, 0.6) is 5.75 Å². The van der Waals surface area contributed by atoms with Gasteiger partial charge in [0.25, 0.3) is 0 Å². The first-order chi connectivity index (χ1) is 14.8. The normalized spacial score (nSPS) is 15.4. The number of piperidine rings is 1. The summed E-state index contributed by atoms with van der Waals surface area (Å²) in [7, 11) is 0. The summed E-state index contributed by atoms with van der Waals surface area (Å²) in [6.07, 6.45) is 2.21. The summed E-state index contributed by atoms with van der Waals surface area (Å²) in [5.74, 6) is 1.03. The first kappa shape index (κ1) is 21.7. The van der Waals surface area contributed by atoms with Crippen LogP contribution in [0.2, 0.25) is 5.02 Å². The number of benzene rings is 2. The van der Waals surface area contributed by atoms with Crippen molar-refractivity contribution in [3.8, 4) is 5.75 Å². The molecule has 0 bridgehead atoms. The molecule has 0 spiro atoms. The summed E-state index contributed by atoms with van der Waals surface area (Å²) in [6.45, 7) is 9.31. The van der Waals surface area contributed by atoms with Gasteiger partial charge in [-0.25, -0.2) is 4.98 Å². The Morgan fingerprint density at radius 1 is 1.06 bits per heavy atom. The van der Waals surface area contributed by atoms with Crippen LogP contribution in [-0.4, -0.2) is 34.8 Å². The zero-order valence-corrected chi connectivity index (χ0v) is 19.2. The Balaban J connectivity index is 1.56. The summed E-state index contributed by atoms with van der Waals surface area (Å²) in [6, 6.07) is 15.9. The van der Waals surface area contributed by atoms with E-state index in [0.717, 1.165) is 58.9 Å². The maximum atomic E-state index is 10.0. The van der Waals surface area contributed by atoms with Crippen molar-refractivity contribution in [1.82, 2.24) is 10.3 Å². The Morgan fingerprint density at radius 3 is 2.45 bits per heavy atom. The molecule has 1 aromatic heterocycles. The van der Waals surface area contributed by atoms with Crippen molar-refractivity contribution in [1.29, 1.82) is 0 Å². The van der Waals surface area contributed by atoms with Crippen LogP contribution in [0.15, 0.2) is 48.5 Å². The molecule has 0 atom stereocenters. The first-order valence-corrected chi connectivity index (χ1v) is 11.3. The summed E-state index contributed by atoms with van der Waals surface area (Å²) in [5, 5.41) is 19.0. The number of phenolic OH excluding ortho intramolecular Hbond substituents is 1. The van der Waals surface area contributed by atoms with E-state index in [9.17, 15) is 5.11 Å². The SMILES string of the molecule is CC(C)(C)NC1CCN(c2cc(NCc3ccc(Cl)cc3)nc3cc(O)ccc23)CC1. The minimum Gasteiger partial charge on any atom is -0.508 e. The molecule has 2 aromatic carbocycles. The van der Waals surface area contributed by atoms with Gasteiger partial charge in [-0.1, -0.05) is 23.7 Å². The Hall–Kier alpha value is -2.50. The Kier molecular flexibility index (Phi) is 6.26. The van der Waals surface area contributed by atoms with Gasteiger partial charge in [-0.2, -0.15) is 0 Å². The third kappa shape index (κ3) is 5.60. The lowest BCUT2D eigenvalue weighted by Gasteiger charge is -2.37. The third-order valence-corrected chi connectivity index (χ3v) is 5.88. The van der Waals surface area contributed by atoms with Gasteiger partial charge < -0.3 is 20.6 Å². The van der Waals surface area contributed by atoms with Gasteiger partial charge >= 0.3 is 0 Å².